The molecule has 1 aliphatic heterocycles. The number of amides is 3. The highest BCUT2D eigenvalue weighted by Crippen LogP contribution is 2.29. The molecule has 10 heteroatoms. The van der Waals surface area contributed by atoms with Crippen molar-refractivity contribution in [1.82, 2.24) is 19.6 Å². The Kier molecular flexibility index (Phi) is 11.6. The lowest BCUT2D eigenvalue weighted by atomic mass is 9.93. The third-order valence-electron chi connectivity index (χ3n) is 8.94. The number of aryl methyl sites for hydroxylation is 1. The predicted octanol–water partition coefficient (Wildman–Crippen LogP) is 5.84. The fourth-order valence-corrected chi connectivity index (χ4v) is 6.25. The van der Waals surface area contributed by atoms with E-state index in [-0.39, 0.29) is 36.3 Å². The van der Waals surface area contributed by atoms with Crippen molar-refractivity contribution in [1.29, 1.82) is 5.26 Å². The summed E-state index contributed by atoms with van der Waals surface area (Å²) in [6.45, 7) is 7.45. The highest BCUT2D eigenvalue weighted by molar-refractivity contribution is 6.01. The monoisotopic (exact) mass is 660 g/mol. The van der Waals surface area contributed by atoms with Crippen molar-refractivity contribution in [3.63, 3.8) is 0 Å². The maximum absolute atomic E-state index is 14.5. The molecule has 254 valence electrons. The number of hydrogen-bond acceptors (Lipinski definition) is 6. The van der Waals surface area contributed by atoms with Gasteiger partial charge in [-0.1, -0.05) is 63.1 Å². The number of carbonyl (C=O) groups is 3. The van der Waals surface area contributed by atoms with Crippen molar-refractivity contribution in [2.45, 2.75) is 71.9 Å². The summed E-state index contributed by atoms with van der Waals surface area (Å²) in [4.78, 5) is 44.8. The molecular weight excluding hydrogens is 616 g/mol. The first-order chi connectivity index (χ1) is 23.8. The number of nitrogens with zero attached hydrogens (tertiary/aromatic N) is 5. The fourth-order valence-electron chi connectivity index (χ4n) is 6.25. The minimum atomic E-state index is -0.442. The Balaban J connectivity index is 1.51. The summed E-state index contributed by atoms with van der Waals surface area (Å²) in [6.07, 6.45) is 4.30. The molecule has 2 heterocycles. The molecule has 0 bridgehead atoms. The minimum absolute atomic E-state index is 0.0480. The van der Waals surface area contributed by atoms with Crippen molar-refractivity contribution >= 4 is 23.4 Å². The zero-order valence-electron chi connectivity index (χ0n) is 28.5. The second-order valence-corrected chi connectivity index (χ2v) is 12.6. The summed E-state index contributed by atoms with van der Waals surface area (Å²) < 4.78 is 1.61. The summed E-state index contributed by atoms with van der Waals surface area (Å²) in [5.74, 6) is -0.769. The topological polar surface area (TPSA) is 132 Å². The number of nitriles is 1. The number of aromatic nitrogens is 2. The van der Waals surface area contributed by atoms with Crippen molar-refractivity contribution in [3.8, 4) is 11.8 Å². The van der Waals surface area contributed by atoms with E-state index in [0.717, 1.165) is 36.8 Å². The highest BCUT2D eigenvalue weighted by Gasteiger charge is 2.32. The highest BCUT2D eigenvalue weighted by atomic mass is 16.3. The van der Waals surface area contributed by atoms with Gasteiger partial charge in [-0.05, 0) is 79.3 Å². The summed E-state index contributed by atoms with van der Waals surface area (Å²) in [5, 5.41) is 27.3. The molecule has 1 aliphatic rings. The number of carbonyl (C=O) groups excluding carboxylic acids is 3. The zero-order chi connectivity index (χ0) is 34.9. The van der Waals surface area contributed by atoms with Crippen LogP contribution < -0.4 is 5.32 Å². The molecule has 10 nitrogen and oxygen atoms in total. The first-order valence-corrected chi connectivity index (χ1v) is 17.0. The average molecular weight is 661 g/mol. The number of aliphatic hydroxyl groups is 1. The van der Waals surface area contributed by atoms with Gasteiger partial charge in [0.05, 0.1) is 42.0 Å². The first kappa shape index (κ1) is 35.0. The van der Waals surface area contributed by atoms with Gasteiger partial charge in [0.25, 0.3) is 11.8 Å². The zero-order valence-corrected chi connectivity index (χ0v) is 28.5. The average Bonchev–Trinajstić information content (AvgIpc) is 3.51. The van der Waals surface area contributed by atoms with E-state index in [0.29, 0.717) is 59.9 Å². The molecule has 5 rings (SSSR count). The first-order valence-electron chi connectivity index (χ1n) is 17.0. The molecule has 1 unspecified atom stereocenters. The third-order valence-corrected chi connectivity index (χ3v) is 8.94. The van der Waals surface area contributed by atoms with E-state index in [4.69, 9.17) is 5.10 Å². The predicted molar refractivity (Wildman–Crippen MR) is 188 cm³/mol. The van der Waals surface area contributed by atoms with Gasteiger partial charge in [0.1, 0.15) is 0 Å². The van der Waals surface area contributed by atoms with Crippen LogP contribution in [0.4, 0.5) is 5.69 Å². The lowest BCUT2D eigenvalue weighted by Crippen LogP contribution is -2.46. The summed E-state index contributed by atoms with van der Waals surface area (Å²) in [5.41, 5.74) is 5.40. The summed E-state index contributed by atoms with van der Waals surface area (Å²) in [6, 6.07) is 23.2. The van der Waals surface area contributed by atoms with Crippen LogP contribution in [0.15, 0.2) is 72.8 Å². The van der Waals surface area contributed by atoms with E-state index in [2.05, 4.69) is 25.2 Å². The molecule has 49 heavy (non-hydrogen) atoms. The molecule has 0 radical (unpaired) electrons. The Hall–Kier alpha value is -5.27. The minimum Gasteiger partial charge on any atom is -0.394 e. The van der Waals surface area contributed by atoms with Gasteiger partial charge in [-0.25, -0.2) is 4.68 Å². The summed E-state index contributed by atoms with van der Waals surface area (Å²) >= 11 is 0. The molecule has 4 aromatic rings. The second-order valence-electron chi connectivity index (χ2n) is 12.6. The van der Waals surface area contributed by atoms with Crippen molar-refractivity contribution < 1.29 is 19.5 Å². The van der Waals surface area contributed by atoms with Gasteiger partial charge in [-0.15, -0.1) is 0 Å². The van der Waals surface area contributed by atoms with Crippen LogP contribution in [0.25, 0.3) is 5.69 Å². The van der Waals surface area contributed by atoms with E-state index in [1.807, 2.05) is 36.1 Å². The molecule has 0 saturated heterocycles. The number of fused-ring (bicyclic) bond motifs is 1. The number of benzene rings is 3. The molecule has 0 saturated carbocycles. The van der Waals surface area contributed by atoms with Crippen LogP contribution in [0.1, 0.15) is 88.3 Å². The maximum Gasteiger partial charge on any atom is 0.274 e. The standard InChI is InChI=1S/C39H44N6O4/c1-4-6-17-43(18-7-5-2)39(49)35-19-27(3)45(42-35)36-16-15-32(41-37(47)21-28-11-10-12-29(20-28)24-40)23-34(36)38(48)44-25-31-14-9-8-13-30(31)22-33(44)26-46/h8-16,19-20,23,33,46H,4-7,17-18,21-22,25-26H2,1-3H3,(H,41,47). The van der Waals surface area contributed by atoms with Crippen LogP contribution in [0, 0.1) is 18.3 Å². The Labute approximate surface area is 288 Å². The van der Waals surface area contributed by atoms with Crippen LogP contribution in [0.2, 0.25) is 0 Å². The number of rotatable bonds is 13. The number of hydrogen-bond donors (Lipinski definition) is 2. The van der Waals surface area contributed by atoms with Gasteiger partial charge in [-0.3, -0.25) is 14.4 Å². The second kappa shape index (κ2) is 16.2. The van der Waals surface area contributed by atoms with Crippen LogP contribution in [0.3, 0.4) is 0 Å². The van der Waals surface area contributed by atoms with E-state index >= 15 is 0 Å². The van der Waals surface area contributed by atoms with Crippen LogP contribution >= 0.6 is 0 Å². The quantitative estimate of drug-likeness (QED) is 0.185. The largest absolute Gasteiger partial charge is 0.394 e. The summed E-state index contributed by atoms with van der Waals surface area (Å²) in [7, 11) is 0. The van der Waals surface area contributed by atoms with Crippen LogP contribution in [-0.2, 0) is 24.2 Å². The fraction of sp³-hybridized carbons (Fsp3) is 0.359. The number of anilines is 1. The van der Waals surface area contributed by atoms with Gasteiger partial charge in [0, 0.05) is 31.0 Å². The number of nitrogens with one attached hydrogen (secondary N) is 1. The molecule has 0 aliphatic carbocycles. The van der Waals surface area contributed by atoms with E-state index in [1.54, 1.807) is 58.1 Å². The molecule has 3 amide bonds. The lowest BCUT2D eigenvalue weighted by molar-refractivity contribution is -0.115. The van der Waals surface area contributed by atoms with Gasteiger partial charge >= 0.3 is 0 Å². The van der Waals surface area contributed by atoms with Crippen molar-refractivity contribution in [2.24, 2.45) is 0 Å². The normalized spacial score (nSPS) is 13.8. The van der Waals surface area contributed by atoms with Crippen LogP contribution in [-0.4, -0.2) is 68.1 Å². The Morgan fingerprint density at radius 1 is 0.980 bits per heavy atom. The molecule has 0 spiro atoms. The molecule has 1 atom stereocenters. The van der Waals surface area contributed by atoms with Gasteiger partial charge in [0.15, 0.2) is 5.69 Å². The Bertz CT molecular complexity index is 1850. The molecule has 1 aromatic heterocycles. The Morgan fingerprint density at radius 3 is 2.41 bits per heavy atom. The van der Waals surface area contributed by atoms with E-state index < -0.39 is 6.04 Å². The number of unbranched alkanes of at least 4 members (excludes halogenated alkanes) is 2. The van der Waals surface area contributed by atoms with Crippen LogP contribution in [0.5, 0.6) is 0 Å². The SMILES string of the molecule is CCCCN(CCCC)C(=O)c1cc(C)n(-c2ccc(NC(=O)Cc3cccc(C#N)c3)cc2C(=O)N2Cc3ccccc3CC2CO)n1. The molecular formula is C39H44N6O4. The Morgan fingerprint density at radius 2 is 1.71 bits per heavy atom. The smallest absolute Gasteiger partial charge is 0.274 e. The third kappa shape index (κ3) is 8.24. The molecule has 0 fully saturated rings. The van der Waals surface area contributed by atoms with Gasteiger partial charge in [0.2, 0.25) is 5.91 Å². The van der Waals surface area contributed by atoms with Gasteiger partial charge in [-0.2, -0.15) is 10.4 Å². The van der Waals surface area contributed by atoms with Gasteiger partial charge < -0.3 is 20.2 Å². The van der Waals surface area contributed by atoms with Crippen molar-refractivity contribution in [2.75, 3.05) is 25.0 Å². The number of aliphatic hydroxyl groups excluding tert-OH is 1. The van der Waals surface area contributed by atoms with E-state index in [9.17, 15) is 24.8 Å². The maximum atomic E-state index is 14.5. The lowest BCUT2D eigenvalue weighted by Gasteiger charge is -2.36. The molecule has 3 aromatic carbocycles. The van der Waals surface area contributed by atoms with E-state index in [1.165, 1.54) is 0 Å². The molecule has 2 N–H and O–H groups in total. The van der Waals surface area contributed by atoms with Crippen molar-refractivity contribution in [3.05, 3.63) is 112 Å².